The number of aromatic nitrogens is 3. The molecule has 146 valence electrons. The van der Waals surface area contributed by atoms with Gasteiger partial charge in [-0.2, -0.15) is 0 Å². The number of rotatable bonds is 5. The lowest BCUT2D eigenvalue weighted by Gasteiger charge is -2.12. The molecule has 0 fully saturated rings. The van der Waals surface area contributed by atoms with E-state index in [4.69, 9.17) is 11.6 Å². The quantitative estimate of drug-likeness (QED) is 0.333. The third-order valence-corrected chi connectivity index (χ3v) is 6.12. The first-order valence-corrected chi connectivity index (χ1v) is 10.8. The summed E-state index contributed by atoms with van der Waals surface area (Å²) in [5.41, 5.74) is 7.13. The number of halogens is 1. The first kappa shape index (κ1) is 19.7. The van der Waals surface area contributed by atoms with Gasteiger partial charge in [0, 0.05) is 22.0 Å². The van der Waals surface area contributed by atoms with Gasteiger partial charge in [-0.25, -0.2) is 0 Å². The van der Waals surface area contributed by atoms with Crippen molar-refractivity contribution in [3.05, 3.63) is 94.0 Å². The summed E-state index contributed by atoms with van der Waals surface area (Å²) in [7, 11) is 0. The van der Waals surface area contributed by atoms with Gasteiger partial charge in [0.05, 0.1) is 0 Å². The van der Waals surface area contributed by atoms with Crippen molar-refractivity contribution in [3.8, 4) is 17.1 Å². The predicted molar refractivity (Wildman–Crippen MR) is 122 cm³/mol. The van der Waals surface area contributed by atoms with Gasteiger partial charge in [-0.05, 0) is 56.2 Å². The van der Waals surface area contributed by atoms with Crippen molar-refractivity contribution >= 4 is 23.4 Å². The third-order valence-electron chi connectivity index (χ3n) is 4.89. The molecule has 0 atom stereocenters. The van der Waals surface area contributed by atoms with Crippen LogP contribution < -0.4 is 0 Å². The molecule has 5 heteroatoms. The summed E-state index contributed by atoms with van der Waals surface area (Å²) in [6.07, 6.45) is 0. The normalized spacial score (nSPS) is 11.0. The van der Waals surface area contributed by atoms with Crippen LogP contribution in [0, 0.1) is 20.8 Å². The fourth-order valence-corrected chi connectivity index (χ4v) is 4.32. The summed E-state index contributed by atoms with van der Waals surface area (Å²) in [6.45, 7) is 6.36. The molecule has 0 spiro atoms. The Labute approximate surface area is 180 Å². The van der Waals surface area contributed by atoms with E-state index in [-0.39, 0.29) is 0 Å². The van der Waals surface area contributed by atoms with Crippen molar-refractivity contribution < 1.29 is 0 Å². The molecule has 0 saturated carbocycles. The molecule has 0 aliphatic carbocycles. The van der Waals surface area contributed by atoms with Crippen molar-refractivity contribution in [2.24, 2.45) is 0 Å². The lowest BCUT2D eigenvalue weighted by Crippen LogP contribution is -2.00. The fourth-order valence-electron chi connectivity index (χ4n) is 3.17. The molecule has 3 aromatic carbocycles. The van der Waals surface area contributed by atoms with Gasteiger partial charge in [0.25, 0.3) is 0 Å². The molecule has 0 aliphatic rings. The van der Waals surface area contributed by atoms with Gasteiger partial charge in [0.1, 0.15) is 0 Å². The summed E-state index contributed by atoms with van der Waals surface area (Å²) >= 11 is 7.81. The Morgan fingerprint density at radius 1 is 0.828 bits per heavy atom. The van der Waals surface area contributed by atoms with Gasteiger partial charge in [-0.3, -0.25) is 4.57 Å². The summed E-state index contributed by atoms with van der Waals surface area (Å²) in [6, 6.07) is 22.7. The van der Waals surface area contributed by atoms with Gasteiger partial charge in [0.2, 0.25) is 0 Å². The minimum absolute atomic E-state index is 0.711. The fraction of sp³-hybridized carbons (Fsp3) is 0.167. The van der Waals surface area contributed by atoms with Crippen molar-refractivity contribution in [2.75, 3.05) is 0 Å². The summed E-state index contributed by atoms with van der Waals surface area (Å²) in [4.78, 5) is 0. The first-order valence-electron chi connectivity index (χ1n) is 9.48. The molecule has 4 aromatic rings. The predicted octanol–water partition coefficient (Wildman–Crippen LogP) is 6.81. The van der Waals surface area contributed by atoms with Gasteiger partial charge in [-0.15, -0.1) is 10.2 Å². The maximum atomic E-state index is 6.11. The second-order valence-electron chi connectivity index (χ2n) is 7.20. The van der Waals surface area contributed by atoms with E-state index in [9.17, 15) is 0 Å². The Hall–Kier alpha value is -2.56. The average Bonchev–Trinajstić information content (AvgIpc) is 3.14. The monoisotopic (exact) mass is 419 g/mol. The molecule has 29 heavy (non-hydrogen) atoms. The van der Waals surface area contributed by atoms with E-state index in [0.717, 1.165) is 28.0 Å². The van der Waals surface area contributed by atoms with E-state index in [0.29, 0.717) is 5.02 Å². The van der Waals surface area contributed by atoms with Crippen LogP contribution in [0.4, 0.5) is 0 Å². The van der Waals surface area contributed by atoms with Crippen LogP contribution in [0.1, 0.15) is 22.3 Å². The SMILES string of the molecule is Cc1ccc(-c2nnc(SCc3cc(C)ccc3C)n2-c2ccc(Cl)cc2)cc1. The molecule has 0 unspecified atom stereocenters. The van der Waals surface area contributed by atoms with E-state index in [1.165, 1.54) is 22.3 Å². The minimum atomic E-state index is 0.711. The van der Waals surface area contributed by atoms with Gasteiger partial charge >= 0.3 is 0 Å². The summed E-state index contributed by atoms with van der Waals surface area (Å²) < 4.78 is 2.11. The second kappa shape index (κ2) is 8.44. The molecule has 0 amide bonds. The minimum Gasteiger partial charge on any atom is -0.270 e. The first-order chi connectivity index (χ1) is 14.0. The zero-order valence-electron chi connectivity index (χ0n) is 16.7. The number of thioether (sulfide) groups is 1. The molecular formula is C24H22ClN3S. The molecule has 0 radical (unpaired) electrons. The molecule has 1 aromatic heterocycles. The lowest BCUT2D eigenvalue weighted by molar-refractivity contribution is 0.886. The molecule has 0 N–H and O–H groups in total. The lowest BCUT2D eigenvalue weighted by atomic mass is 10.1. The Morgan fingerprint density at radius 3 is 2.24 bits per heavy atom. The standard InChI is InChI=1S/C24H22ClN3S/c1-16-5-8-19(9-6-16)23-26-27-24(28(23)22-12-10-21(25)11-13-22)29-15-20-14-17(2)4-7-18(20)3/h4-14H,15H2,1-3H3. The Morgan fingerprint density at radius 2 is 1.52 bits per heavy atom. The molecular weight excluding hydrogens is 398 g/mol. The van der Waals surface area contributed by atoms with Crippen molar-refractivity contribution in [1.29, 1.82) is 0 Å². The van der Waals surface area contributed by atoms with Crippen molar-refractivity contribution in [2.45, 2.75) is 31.7 Å². The Kier molecular flexibility index (Phi) is 5.74. The topological polar surface area (TPSA) is 30.7 Å². The van der Waals surface area contributed by atoms with Crippen LogP contribution in [0.15, 0.2) is 71.9 Å². The average molecular weight is 420 g/mol. The van der Waals surface area contributed by atoms with Crippen molar-refractivity contribution in [3.63, 3.8) is 0 Å². The van der Waals surface area contributed by atoms with Crippen LogP contribution in [-0.4, -0.2) is 14.8 Å². The molecule has 0 aliphatic heterocycles. The number of nitrogens with zero attached hydrogens (tertiary/aromatic N) is 3. The highest BCUT2D eigenvalue weighted by atomic mass is 35.5. The molecule has 3 nitrogen and oxygen atoms in total. The molecule has 4 rings (SSSR count). The van der Waals surface area contributed by atoms with Crippen LogP contribution in [0.5, 0.6) is 0 Å². The van der Waals surface area contributed by atoms with E-state index >= 15 is 0 Å². The zero-order valence-corrected chi connectivity index (χ0v) is 18.3. The smallest absolute Gasteiger partial charge is 0.196 e. The zero-order chi connectivity index (χ0) is 20.4. The number of benzene rings is 3. The van der Waals surface area contributed by atoms with Crippen molar-refractivity contribution in [1.82, 2.24) is 14.8 Å². The van der Waals surface area contributed by atoms with Crippen LogP contribution in [0.3, 0.4) is 0 Å². The third kappa shape index (κ3) is 4.39. The number of hydrogen-bond donors (Lipinski definition) is 0. The molecule has 0 saturated heterocycles. The van der Waals surface area contributed by atoms with E-state index in [1.807, 2.05) is 24.3 Å². The summed E-state index contributed by atoms with van der Waals surface area (Å²) in [5, 5.41) is 10.6. The second-order valence-corrected chi connectivity index (χ2v) is 8.58. The highest BCUT2D eigenvalue weighted by Gasteiger charge is 2.16. The van der Waals surface area contributed by atoms with Gasteiger partial charge in [-0.1, -0.05) is 77.0 Å². The van der Waals surface area contributed by atoms with Crippen LogP contribution in [0.25, 0.3) is 17.1 Å². The van der Waals surface area contributed by atoms with E-state index in [1.54, 1.807) is 11.8 Å². The summed E-state index contributed by atoms with van der Waals surface area (Å²) in [5.74, 6) is 1.67. The van der Waals surface area contributed by atoms with Gasteiger partial charge in [0.15, 0.2) is 11.0 Å². The van der Waals surface area contributed by atoms with Gasteiger partial charge < -0.3 is 0 Å². The van der Waals surface area contributed by atoms with E-state index < -0.39 is 0 Å². The maximum absolute atomic E-state index is 6.11. The number of hydrogen-bond acceptors (Lipinski definition) is 3. The van der Waals surface area contributed by atoms with Crippen LogP contribution in [0.2, 0.25) is 5.02 Å². The molecule has 0 bridgehead atoms. The number of aryl methyl sites for hydroxylation is 3. The van der Waals surface area contributed by atoms with E-state index in [2.05, 4.69) is 78.0 Å². The molecule has 1 heterocycles. The maximum Gasteiger partial charge on any atom is 0.196 e. The Balaban J connectivity index is 1.74. The highest BCUT2D eigenvalue weighted by Crippen LogP contribution is 2.31. The van der Waals surface area contributed by atoms with Crippen LogP contribution in [-0.2, 0) is 5.75 Å². The van der Waals surface area contributed by atoms with Crippen LogP contribution >= 0.6 is 23.4 Å². The Bertz CT molecular complexity index is 1130. The largest absolute Gasteiger partial charge is 0.270 e. The highest BCUT2D eigenvalue weighted by molar-refractivity contribution is 7.98.